The lowest BCUT2D eigenvalue weighted by Gasteiger charge is -2.11. The van der Waals surface area contributed by atoms with Crippen LogP contribution in [0.1, 0.15) is 33.2 Å². The molecule has 0 aromatic heterocycles. The van der Waals surface area contributed by atoms with E-state index >= 15 is 0 Å². The number of carbonyl (C=O) groups excluding carboxylic acids is 2. The van der Waals surface area contributed by atoms with Crippen molar-refractivity contribution in [2.24, 2.45) is 5.10 Å². The number of nitrogens with zero attached hydrogens (tertiary/aromatic N) is 1. The highest BCUT2D eigenvalue weighted by Gasteiger charge is 2.13. The lowest BCUT2D eigenvalue weighted by atomic mass is 10.0. The quantitative estimate of drug-likeness (QED) is 0.186. The minimum Gasteiger partial charge on any atom is -0.490 e. The van der Waals surface area contributed by atoms with E-state index in [1.54, 1.807) is 48.5 Å². The van der Waals surface area contributed by atoms with Gasteiger partial charge in [0.1, 0.15) is 0 Å². The Morgan fingerprint density at radius 3 is 2.45 bits per heavy atom. The highest BCUT2D eigenvalue weighted by Crippen LogP contribution is 2.29. The second-order valence-electron chi connectivity index (χ2n) is 7.12. The normalized spacial score (nSPS) is 10.8. The van der Waals surface area contributed by atoms with Gasteiger partial charge in [0.05, 0.1) is 18.4 Å². The van der Waals surface area contributed by atoms with Gasteiger partial charge in [-0.05, 0) is 59.7 Å². The first-order valence-electron chi connectivity index (χ1n) is 10.5. The molecule has 4 rings (SSSR count). The number of ether oxygens (including phenoxy) is 2. The van der Waals surface area contributed by atoms with Crippen LogP contribution in [0.25, 0.3) is 10.8 Å². The molecule has 6 nitrogen and oxygen atoms in total. The molecule has 33 heavy (non-hydrogen) atoms. The molecular weight excluding hydrogens is 416 g/mol. The van der Waals surface area contributed by atoms with Crippen LogP contribution in [0.5, 0.6) is 11.5 Å². The Labute approximate surface area is 191 Å². The summed E-state index contributed by atoms with van der Waals surface area (Å²) in [5.74, 6) is -0.0597. The summed E-state index contributed by atoms with van der Waals surface area (Å²) in [4.78, 5) is 25.0. The smallest absolute Gasteiger partial charge is 0.343 e. The van der Waals surface area contributed by atoms with E-state index in [1.807, 2.05) is 49.4 Å². The zero-order valence-electron chi connectivity index (χ0n) is 18.0. The third-order valence-corrected chi connectivity index (χ3v) is 4.89. The molecule has 0 bridgehead atoms. The number of esters is 1. The predicted octanol–water partition coefficient (Wildman–Crippen LogP) is 5.22. The number of hydrogen-bond donors (Lipinski definition) is 1. The van der Waals surface area contributed by atoms with Gasteiger partial charge in [-0.3, -0.25) is 4.79 Å². The first-order valence-corrected chi connectivity index (χ1v) is 10.5. The minimum atomic E-state index is -0.472. The second kappa shape index (κ2) is 10.2. The van der Waals surface area contributed by atoms with Crippen molar-refractivity contribution < 1.29 is 19.1 Å². The molecule has 0 unspecified atom stereocenters. The summed E-state index contributed by atoms with van der Waals surface area (Å²) >= 11 is 0. The van der Waals surface area contributed by atoms with Crippen LogP contribution in [0.2, 0.25) is 0 Å². The standard InChI is InChI=1S/C27H22N2O4/c1-2-32-25-17-19(15-16-24(25)33-27(31)21-10-4-3-5-11-21)18-28-29-26(30)23-14-8-12-20-9-6-7-13-22(20)23/h3-18H,2H2,1H3,(H,29,30). The van der Waals surface area contributed by atoms with Crippen molar-refractivity contribution >= 4 is 28.9 Å². The first-order chi connectivity index (χ1) is 16.2. The Balaban J connectivity index is 1.48. The number of amides is 1. The zero-order chi connectivity index (χ0) is 23.0. The van der Waals surface area contributed by atoms with Gasteiger partial charge >= 0.3 is 5.97 Å². The number of fused-ring (bicyclic) bond motifs is 1. The fraction of sp³-hybridized carbons (Fsp3) is 0.0741. The maximum Gasteiger partial charge on any atom is 0.343 e. The molecule has 0 atom stereocenters. The van der Waals surface area contributed by atoms with Gasteiger partial charge < -0.3 is 9.47 Å². The SMILES string of the molecule is CCOc1cc(C=NNC(=O)c2cccc3ccccc23)ccc1OC(=O)c1ccccc1. The monoisotopic (exact) mass is 438 g/mol. The Morgan fingerprint density at radius 1 is 0.879 bits per heavy atom. The summed E-state index contributed by atoms with van der Waals surface area (Å²) in [6, 6.07) is 27.0. The molecule has 4 aromatic carbocycles. The predicted molar refractivity (Wildman–Crippen MR) is 128 cm³/mol. The van der Waals surface area contributed by atoms with Gasteiger partial charge in [0.15, 0.2) is 11.5 Å². The van der Waals surface area contributed by atoms with Gasteiger partial charge in [0.2, 0.25) is 0 Å². The van der Waals surface area contributed by atoms with E-state index in [1.165, 1.54) is 6.21 Å². The van der Waals surface area contributed by atoms with Crippen molar-refractivity contribution in [3.63, 3.8) is 0 Å². The van der Waals surface area contributed by atoms with E-state index in [0.717, 1.165) is 10.8 Å². The van der Waals surface area contributed by atoms with Crippen LogP contribution in [0, 0.1) is 0 Å². The number of hydrazone groups is 1. The van der Waals surface area contributed by atoms with Crippen molar-refractivity contribution in [3.8, 4) is 11.5 Å². The van der Waals surface area contributed by atoms with E-state index in [0.29, 0.717) is 34.8 Å². The average Bonchev–Trinajstić information content (AvgIpc) is 2.85. The molecule has 4 aromatic rings. The maximum atomic E-state index is 12.6. The van der Waals surface area contributed by atoms with Crippen molar-refractivity contribution in [3.05, 3.63) is 108 Å². The molecule has 0 heterocycles. The van der Waals surface area contributed by atoms with Crippen LogP contribution in [0.15, 0.2) is 96.1 Å². The zero-order valence-corrected chi connectivity index (χ0v) is 18.0. The molecule has 1 N–H and O–H groups in total. The van der Waals surface area contributed by atoms with E-state index < -0.39 is 5.97 Å². The van der Waals surface area contributed by atoms with Crippen molar-refractivity contribution in [1.29, 1.82) is 0 Å². The average molecular weight is 438 g/mol. The Kier molecular flexibility index (Phi) is 6.75. The number of carbonyl (C=O) groups is 2. The van der Waals surface area contributed by atoms with Crippen LogP contribution in [-0.4, -0.2) is 24.7 Å². The van der Waals surface area contributed by atoms with Gasteiger partial charge in [-0.1, -0.05) is 54.6 Å². The number of rotatable bonds is 7. The van der Waals surface area contributed by atoms with Crippen molar-refractivity contribution in [2.75, 3.05) is 6.61 Å². The van der Waals surface area contributed by atoms with Crippen LogP contribution in [0.4, 0.5) is 0 Å². The molecule has 164 valence electrons. The molecule has 0 saturated carbocycles. The molecule has 0 saturated heterocycles. The Bertz CT molecular complexity index is 1310. The molecule has 0 aliphatic rings. The molecule has 0 aliphatic heterocycles. The molecule has 6 heteroatoms. The summed E-state index contributed by atoms with van der Waals surface area (Å²) in [6.07, 6.45) is 1.51. The topological polar surface area (TPSA) is 77.0 Å². The Morgan fingerprint density at radius 2 is 1.64 bits per heavy atom. The lowest BCUT2D eigenvalue weighted by molar-refractivity contribution is 0.0728. The van der Waals surface area contributed by atoms with Crippen LogP contribution in [-0.2, 0) is 0 Å². The maximum absolute atomic E-state index is 12.6. The largest absolute Gasteiger partial charge is 0.490 e. The molecule has 0 spiro atoms. The van der Waals surface area contributed by atoms with Crippen LogP contribution < -0.4 is 14.9 Å². The first kappa shape index (κ1) is 21.8. The highest BCUT2D eigenvalue weighted by atomic mass is 16.6. The third-order valence-electron chi connectivity index (χ3n) is 4.89. The fourth-order valence-electron chi connectivity index (χ4n) is 3.34. The molecule has 0 radical (unpaired) electrons. The summed E-state index contributed by atoms with van der Waals surface area (Å²) in [5.41, 5.74) is 4.23. The van der Waals surface area contributed by atoms with Crippen molar-refractivity contribution in [2.45, 2.75) is 6.92 Å². The molecule has 1 amide bonds. The molecular formula is C27H22N2O4. The summed E-state index contributed by atoms with van der Waals surface area (Å²) in [7, 11) is 0. The summed E-state index contributed by atoms with van der Waals surface area (Å²) in [5, 5.41) is 5.92. The Hall–Kier alpha value is -4.45. The van der Waals surface area contributed by atoms with Crippen LogP contribution >= 0.6 is 0 Å². The van der Waals surface area contributed by atoms with Crippen LogP contribution in [0.3, 0.4) is 0 Å². The number of benzene rings is 4. The highest BCUT2D eigenvalue weighted by molar-refractivity contribution is 6.07. The van der Waals surface area contributed by atoms with Gasteiger partial charge in [0.25, 0.3) is 5.91 Å². The van der Waals surface area contributed by atoms with E-state index in [2.05, 4.69) is 10.5 Å². The molecule has 0 fully saturated rings. The number of hydrogen-bond acceptors (Lipinski definition) is 5. The van der Waals surface area contributed by atoms with Gasteiger partial charge in [-0.15, -0.1) is 0 Å². The second-order valence-corrected chi connectivity index (χ2v) is 7.12. The van der Waals surface area contributed by atoms with E-state index in [4.69, 9.17) is 9.47 Å². The molecule has 0 aliphatic carbocycles. The van der Waals surface area contributed by atoms with E-state index in [-0.39, 0.29) is 5.91 Å². The summed E-state index contributed by atoms with van der Waals surface area (Å²) < 4.78 is 11.1. The van der Waals surface area contributed by atoms with Gasteiger partial charge in [-0.2, -0.15) is 5.10 Å². The minimum absolute atomic E-state index is 0.304. The van der Waals surface area contributed by atoms with Crippen molar-refractivity contribution in [1.82, 2.24) is 5.43 Å². The fourth-order valence-corrected chi connectivity index (χ4v) is 3.34. The summed E-state index contributed by atoms with van der Waals surface area (Å²) in [6.45, 7) is 2.24. The number of nitrogens with one attached hydrogen (secondary N) is 1. The van der Waals surface area contributed by atoms with Gasteiger partial charge in [-0.25, -0.2) is 10.2 Å². The van der Waals surface area contributed by atoms with Gasteiger partial charge in [0, 0.05) is 5.56 Å². The van der Waals surface area contributed by atoms with E-state index in [9.17, 15) is 9.59 Å². The third kappa shape index (κ3) is 5.25. The lowest BCUT2D eigenvalue weighted by Crippen LogP contribution is -2.17.